The van der Waals surface area contributed by atoms with Crippen LogP contribution in [0.2, 0.25) is 0 Å². The first-order chi connectivity index (χ1) is 12.8. The second-order valence-corrected chi connectivity index (χ2v) is 9.02. The summed E-state index contributed by atoms with van der Waals surface area (Å²) in [6.45, 7) is 2.17. The minimum Gasteiger partial charge on any atom is -0.475 e. The number of sulfone groups is 1. The van der Waals surface area contributed by atoms with E-state index in [4.69, 9.17) is 21.0 Å². The average molecular weight is 428 g/mol. The van der Waals surface area contributed by atoms with Gasteiger partial charge < -0.3 is 10.0 Å². The largest absolute Gasteiger partial charge is 0.490 e. The van der Waals surface area contributed by atoms with Crippen molar-refractivity contribution in [2.24, 2.45) is 11.8 Å². The number of alkyl halides is 3. The summed E-state index contributed by atoms with van der Waals surface area (Å²) < 4.78 is 54.8. The molecule has 1 aliphatic carbocycles. The summed E-state index contributed by atoms with van der Waals surface area (Å²) in [4.78, 5) is 22.2. The maximum absolute atomic E-state index is 12.2. The standard InChI is InChI=1S/C13H22N4O3S.C2HF3O2/c1-10-2-4-11(5-3-10)17(15)7-13(18)16-9-21(19,20)8-12(16)6-14;3-2(4,5)1(6)7/h10-12H,2-5,7-9,15H2,1H3;(H,6,7). The zero-order valence-corrected chi connectivity index (χ0v) is 16.0. The van der Waals surface area contributed by atoms with Gasteiger partial charge in [-0.05, 0) is 31.6 Å². The summed E-state index contributed by atoms with van der Waals surface area (Å²) >= 11 is 0. The fraction of sp³-hybridized carbons (Fsp3) is 0.800. The SMILES string of the molecule is CC1CCC(N(N)CC(=O)N2CS(=O)(=O)CC2C#N)CC1.O=C(O)C(F)(F)F. The Kier molecular flexibility index (Phi) is 8.21. The van der Waals surface area contributed by atoms with E-state index in [-0.39, 0.29) is 30.1 Å². The Morgan fingerprint density at radius 3 is 2.21 bits per heavy atom. The summed E-state index contributed by atoms with van der Waals surface area (Å²) in [5.74, 6) is 2.87. The number of carbonyl (C=O) groups excluding carboxylic acids is 1. The third-order valence-electron chi connectivity index (χ3n) is 4.61. The molecule has 2 fully saturated rings. The lowest BCUT2D eigenvalue weighted by molar-refractivity contribution is -0.192. The Hall–Kier alpha value is -1.91. The molecule has 1 unspecified atom stereocenters. The lowest BCUT2D eigenvalue weighted by Crippen LogP contribution is -2.50. The molecule has 2 aliphatic rings. The van der Waals surface area contributed by atoms with Crippen LogP contribution in [0.25, 0.3) is 0 Å². The van der Waals surface area contributed by atoms with Gasteiger partial charge in [0, 0.05) is 6.04 Å². The molecule has 0 spiro atoms. The van der Waals surface area contributed by atoms with Gasteiger partial charge in [-0.15, -0.1) is 0 Å². The van der Waals surface area contributed by atoms with Gasteiger partial charge in [0.2, 0.25) is 5.91 Å². The molecule has 0 radical (unpaired) electrons. The molecule has 9 nitrogen and oxygen atoms in total. The van der Waals surface area contributed by atoms with E-state index in [0.29, 0.717) is 5.92 Å². The fourth-order valence-corrected chi connectivity index (χ4v) is 4.58. The molecule has 28 heavy (non-hydrogen) atoms. The molecule has 1 amide bonds. The zero-order valence-electron chi connectivity index (χ0n) is 15.2. The molecule has 13 heteroatoms. The van der Waals surface area contributed by atoms with Gasteiger partial charge >= 0.3 is 12.1 Å². The van der Waals surface area contributed by atoms with Gasteiger partial charge in [0.1, 0.15) is 11.9 Å². The number of nitriles is 1. The molecule has 0 aromatic carbocycles. The summed E-state index contributed by atoms with van der Waals surface area (Å²) in [5.41, 5.74) is 0. The molecular weight excluding hydrogens is 405 g/mol. The van der Waals surface area contributed by atoms with Gasteiger partial charge in [-0.1, -0.05) is 6.92 Å². The Labute approximate surface area is 160 Å². The number of hydrogen-bond acceptors (Lipinski definition) is 7. The van der Waals surface area contributed by atoms with E-state index in [1.807, 2.05) is 6.07 Å². The normalized spacial score (nSPS) is 26.9. The van der Waals surface area contributed by atoms with Gasteiger partial charge in [-0.25, -0.2) is 18.2 Å². The molecule has 1 saturated heterocycles. The molecule has 0 aromatic rings. The molecule has 1 aliphatic heterocycles. The Morgan fingerprint density at radius 2 is 1.79 bits per heavy atom. The zero-order chi connectivity index (χ0) is 21.7. The lowest BCUT2D eigenvalue weighted by Gasteiger charge is -2.33. The number of carbonyl (C=O) groups is 2. The van der Waals surface area contributed by atoms with Crippen molar-refractivity contribution in [3.63, 3.8) is 0 Å². The van der Waals surface area contributed by atoms with E-state index in [9.17, 15) is 26.4 Å². The monoisotopic (exact) mass is 428 g/mol. The Bertz CT molecular complexity index is 714. The molecule has 0 bridgehead atoms. The van der Waals surface area contributed by atoms with Crippen molar-refractivity contribution < 1.29 is 36.3 Å². The van der Waals surface area contributed by atoms with E-state index < -0.39 is 28.0 Å². The number of carboxylic acids is 1. The van der Waals surface area contributed by atoms with Crippen molar-refractivity contribution >= 4 is 21.7 Å². The highest BCUT2D eigenvalue weighted by molar-refractivity contribution is 7.91. The van der Waals surface area contributed by atoms with E-state index in [2.05, 4.69) is 6.92 Å². The minimum absolute atomic E-state index is 0.0350. The maximum atomic E-state index is 12.2. The van der Waals surface area contributed by atoms with E-state index in [0.717, 1.165) is 30.6 Å². The number of hydrogen-bond donors (Lipinski definition) is 2. The predicted octanol–water partition coefficient (Wildman–Crippen LogP) is 0.481. The van der Waals surface area contributed by atoms with Crippen molar-refractivity contribution in [1.82, 2.24) is 9.91 Å². The number of nitrogens with zero attached hydrogens (tertiary/aromatic N) is 3. The maximum Gasteiger partial charge on any atom is 0.490 e. The second kappa shape index (κ2) is 9.53. The minimum atomic E-state index is -5.08. The van der Waals surface area contributed by atoms with Gasteiger partial charge in [-0.3, -0.25) is 10.6 Å². The summed E-state index contributed by atoms with van der Waals surface area (Å²) in [6, 6.07) is 1.15. The van der Waals surface area contributed by atoms with Crippen LogP contribution < -0.4 is 5.84 Å². The lowest BCUT2D eigenvalue weighted by atomic mass is 9.87. The third kappa shape index (κ3) is 7.25. The van der Waals surface area contributed by atoms with Crippen molar-refractivity contribution in [3.05, 3.63) is 0 Å². The molecule has 3 N–H and O–H groups in total. The number of halogens is 3. The van der Waals surface area contributed by atoms with Crippen molar-refractivity contribution in [3.8, 4) is 6.07 Å². The van der Waals surface area contributed by atoms with E-state index >= 15 is 0 Å². The number of nitrogens with two attached hydrogens (primary N) is 1. The Balaban J connectivity index is 0.000000480. The number of aliphatic carboxylic acids is 1. The number of rotatable bonds is 3. The van der Waals surface area contributed by atoms with Crippen LogP contribution >= 0.6 is 0 Å². The molecule has 1 heterocycles. The highest BCUT2D eigenvalue weighted by Gasteiger charge is 2.39. The van der Waals surface area contributed by atoms with E-state index in [1.165, 1.54) is 5.01 Å². The van der Waals surface area contributed by atoms with Gasteiger partial charge in [0.05, 0.1) is 18.4 Å². The van der Waals surface area contributed by atoms with Crippen LogP contribution in [-0.2, 0) is 19.4 Å². The summed E-state index contributed by atoms with van der Waals surface area (Å²) in [7, 11) is -3.35. The van der Waals surface area contributed by atoms with Crippen LogP contribution in [0.4, 0.5) is 13.2 Å². The van der Waals surface area contributed by atoms with Gasteiger partial charge in [0.25, 0.3) is 0 Å². The van der Waals surface area contributed by atoms with Crippen LogP contribution in [-0.4, -0.2) is 71.7 Å². The molecule has 1 saturated carbocycles. The summed E-state index contributed by atoms with van der Waals surface area (Å²) in [5, 5.41) is 17.6. The van der Waals surface area contributed by atoms with Crippen LogP contribution in [0.15, 0.2) is 0 Å². The highest BCUT2D eigenvalue weighted by Crippen LogP contribution is 2.26. The molecule has 1 atom stereocenters. The fourth-order valence-electron chi connectivity index (χ4n) is 2.99. The van der Waals surface area contributed by atoms with Crippen molar-refractivity contribution in [2.45, 2.75) is 50.9 Å². The Morgan fingerprint density at radius 1 is 1.29 bits per heavy atom. The second-order valence-electron chi connectivity index (χ2n) is 6.94. The van der Waals surface area contributed by atoms with Gasteiger partial charge in [0.15, 0.2) is 9.84 Å². The average Bonchev–Trinajstić information content (AvgIpc) is 2.90. The number of carboxylic acid groups (broad SMARTS) is 1. The smallest absolute Gasteiger partial charge is 0.475 e. The number of hydrazine groups is 1. The van der Waals surface area contributed by atoms with Crippen LogP contribution in [0.5, 0.6) is 0 Å². The molecular formula is C15H23F3N4O5S. The van der Waals surface area contributed by atoms with Crippen LogP contribution in [0.3, 0.4) is 0 Å². The van der Waals surface area contributed by atoms with E-state index in [1.54, 1.807) is 0 Å². The van der Waals surface area contributed by atoms with Crippen molar-refractivity contribution in [1.29, 1.82) is 5.26 Å². The first-order valence-electron chi connectivity index (χ1n) is 8.47. The quantitative estimate of drug-likeness (QED) is 0.488. The van der Waals surface area contributed by atoms with Crippen LogP contribution in [0, 0.1) is 17.2 Å². The van der Waals surface area contributed by atoms with Gasteiger partial charge in [-0.2, -0.15) is 18.4 Å². The topological polar surface area (TPSA) is 145 Å². The van der Waals surface area contributed by atoms with Crippen LogP contribution in [0.1, 0.15) is 32.6 Å². The first kappa shape index (κ1) is 24.1. The molecule has 160 valence electrons. The predicted molar refractivity (Wildman–Crippen MR) is 90.9 cm³/mol. The third-order valence-corrected chi connectivity index (χ3v) is 6.10. The first-order valence-corrected chi connectivity index (χ1v) is 10.3. The molecule has 2 rings (SSSR count). The number of amides is 1. The highest BCUT2D eigenvalue weighted by atomic mass is 32.2. The summed E-state index contributed by atoms with van der Waals surface area (Å²) in [6.07, 6.45) is -1.01. The molecule has 0 aromatic heterocycles. The van der Waals surface area contributed by atoms with Crippen molar-refractivity contribution in [2.75, 3.05) is 18.2 Å².